The first-order chi connectivity index (χ1) is 8.95. The number of carbonyl (C=O) groups is 2. The first kappa shape index (κ1) is 15.0. The van der Waals surface area contributed by atoms with Crippen LogP contribution in [0.3, 0.4) is 0 Å². The summed E-state index contributed by atoms with van der Waals surface area (Å²) in [5.74, 6) is -0.793. The Bertz CT molecular complexity index is 469. The highest BCUT2D eigenvalue weighted by Crippen LogP contribution is 2.20. The Morgan fingerprint density at radius 2 is 2.00 bits per heavy atom. The molecular weight excluding hydrogens is 246 g/mol. The zero-order chi connectivity index (χ0) is 14.4. The van der Waals surface area contributed by atoms with Gasteiger partial charge in [0.15, 0.2) is 0 Å². The van der Waals surface area contributed by atoms with Gasteiger partial charge >= 0.3 is 11.9 Å². The van der Waals surface area contributed by atoms with Gasteiger partial charge in [0.1, 0.15) is 0 Å². The van der Waals surface area contributed by atoms with Crippen LogP contribution in [-0.4, -0.2) is 25.2 Å². The van der Waals surface area contributed by atoms with Crippen LogP contribution in [0.5, 0.6) is 0 Å². The summed E-state index contributed by atoms with van der Waals surface area (Å²) in [5, 5.41) is 0. The van der Waals surface area contributed by atoms with E-state index in [9.17, 15) is 9.59 Å². The molecule has 2 N–H and O–H groups in total. The predicted molar refractivity (Wildman–Crippen MR) is 71.7 cm³/mol. The molecular formula is C14H19NO4. The Balaban J connectivity index is 2.95. The lowest BCUT2D eigenvalue weighted by Gasteiger charge is -2.13. The molecule has 0 atom stereocenters. The third-order valence-electron chi connectivity index (χ3n) is 2.56. The molecule has 5 heteroatoms. The third kappa shape index (κ3) is 4.28. The first-order valence-corrected chi connectivity index (χ1v) is 6.10. The minimum atomic E-state index is -0.465. The van der Waals surface area contributed by atoms with Crippen molar-refractivity contribution in [3.05, 3.63) is 29.3 Å². The van der Waals surface area contributed by atoms with Gasteiger partial charge in [0.2, 0.25) is 0 Å². The average molecular weight is 265 g/mol. The minimum Gasteiger partial charge on any atom is -0.469 e. The fourth-order valence-corrected chi connectivity index (χ4v) is 1.69. The van der Waals surface area contributed by atoms with Crippen molar-refractivity contribution in [2.45, 2.75) is 32.8 Å². The second-order valence-electron chi connectivity index (χ2n) is 4.41. The molecule has 0 aliphatic rings. The third-order valence-corrected chi connectivity index (χ3v) is 2.56. The molecule has 0 saturated heterocycles. The smallest absolute Gasteiger partial charge is 0.340 e. The van der Waals surface area contributed by atoms with Crippen LogP contribution in [0.2, 0.25) is 0 Å². The van der Waals surface area contributed by atoms with Crippen molar-refractivity contribution in [3.63, 3.8) is 0 Å². The molecule has 0 amide bonds. The van der Waals surface area contributed by atoms with Gasteiger partial charge in [0, 0.05) is 12.1 Å². The molecule has 0 bridgehead atoms. The number of methoxy groups -OCH3 is 1. The monoisotopic (exact) mass is 265 g/mol. The summed E-state index contributed by atoms with van der Waals surface area (Å²) < 4.78 is 9.74. The fraction of sp³-hybridized carbons (Fsp3) is 0.429. The average Bonchev–Trinajstić information content (AvgIpc) is 2.34. The van der Waals surface area contributed by atoms with Crippen LogP contribution in [-0.2, 0) is 20.7 Å². The molecule has 0 aliphatic heterocycles. The van der Waals surface area contributed by atoms with Gasteiger partial charge in [-0.15, -0.1) is 0 Å². The van der Waals surface area contributed by atoms with E-state index >= 15 is 0 Å². The molecule has 19 heavy (non-hydrogen) atoms. The number of benzene rings is 1. The van der Waals surface area contributed by atoms with Crippen molar-refractivity contribution in [2.75, 3.05) is 12.8 Å². The van der Waals surface area contributed by atoms with Crippen molar-refractivity contribution < 1.29 is 19.1 Å². The zero-order valence-electron chi connectivity index (χ0n) is 11.4. The lowest BCUT2D eigenvalue weighted by Crippen LogP contribution is -2.16. The molecule has 0 unspecified atom stereocenters. The van der Waals surface area contributed by atoms with Crippen LogP contribution in [0, 0.1) is 0 Å². The van der Waals surface area contributed by atoms with Gasteiger partial charge in [0.05, 0.1) is 18.8 Å². The molecule has 1 aromatic rings. The Morgan fingerprint density at radius 1 is 1.32 bits per heavy atom. The summed E-state index contributed by atoms with van der Waals surface area (Å²) in [5.41, 5.74) is 7.20. The summed E-state index contributed by atoms with van der Waals surface area (Å²) >= 11 is 0. The number of hydrogen-bond donors (Lipinski definition) is 1. The molecule has 0 heterocycles. The first-order valence-electron chi connectivity index (χ1n) is 6.10. The van der Waals surface area contributed by atoms with Gasteiger partial charge in [-0.2, -0.15) is 0 Å². The molecule has 0 radical (unpaired) electrons. The maximum absolute atomic E-state index is 12.0. The van der Waals surface area contributed by atoms with E-state index in [1.807, 2.05) is 0 Å². The van der Waals surface area contributed by atoms with Crippen molar-refractivity contribution in [2.24, 2.45) is 0 Å². The Hall–Kier alpha value is -2.04. The molecule has 5 nitrogen and oxygen atoms in total. The number of ether oxygens (including phenoxy) is 2. The fourth-order valence-electron chi connectivity index (χ4n) is 1.69. The Morgan fingerprint density at radius 3 is 2.58 bits per heavy atom. The van der Waals surface area contributed by atoms with E-state index < -0.39 is 5.97 Å². The minimum absolute atomic E-state index is 0.196. The maximum Gasteiger partial charge on any atom is 0.340 e. The van der Waals surface area contributed by atoms with E-state index in [-0.39, 0.29) is 18.5 Å². The Kier molecular flexibility index (Phi) is 5.36. The van der Waals surface area contributed by atoms with Gasteiger partial charge in [0.25, 0.3) is 0 Å². The second kappa shape index (κ2) is 6.78. The number of nitrogen functional groups attached to an aromatic ring is 1. The van der Waals surface area contributed by atoms with E-state index in [1.54, 1.807) is 32.0 Å². The van der Waals surface area contributed by atoms with Crippen molar-refractivity contribution in [3.8, 4) is 0 Å². The molecule has 0 spiro atoms. The van der Waals surface area contributed by atoms with Crippen LogP contribution in [0.1, 0.15) is 36.2 Å². The number of carbonyl (C=O) groups excluding carboxylic acids is 2. The standard InChI is InChI=1S/C14H19NO4/c1-9(2)19-14(17)13-10(5-4-6-11(13)15)7-8-12(16)18-3/h4-6,9H,7-8,15H2,1-3H3. The van der Waals surface area contributed by atoms with Crippen molar-refractivity contribution in [1.82, 2.24) is 0 Å². The molecule has 1 rings (SSSR count). The van der Waals surface area contributed by atoms with Crippen LogP contribution in [0.4, 0.5) is 5.69 Å². The van der Waals surface area contributed by atoms with Crippen LogP contribution < -0.4 is 5.73 Å². The number of aryl methyl sites for hydroxylation is 1. The number of esters is 2. The van der Waals surface area contributed by atoms with E-state index in [0.29, 0.717) is 23.2 Å². The van der Waals surface area contributed by atoms with Gasteiger partial charge in [-0.1, -0.05) is 12.1 Å². The summed E-state index contributed by atoms with van der Waals surface area (Å²) in [6.45, 7) is 3.54. The van der Waals surface area contributed by atoms with E-state index in [2.05, 4.69) is 4.74 Å². The number of hydrogen-bond acceptors (Lipinski definition) is 5. The number of nitrogens with two attached hydrogens (primary N) is 1. The highest BCUT2D eigenvalue weighted by atomic mass is 16.5. The predicted octanol–water partition coefficient (Wildman–Crippen LogP) is 1.94. The van der Waals surface area contributed by atoms with E-state index in [1.165, 1.54) is 7.11 Å². The highest BCUT2D eigenvalue weighted by Gasteiger charge is 2.18. The largest absolute Gasteiger partial charge is 0.469 e. The Labute approximate surface area is 112 Å². The van der Waals surface area contributed by atoms with Crippen molar-refractivity contribution in [1.29, 1.82) is 0 Å². The van der Waals surface area contributed by atoms with Gasteiger partial charge in [-0.3, -0.25) is 4.79 Å². The summed E-state index contributed by atoms with van der Waals surface area (Å²) in [7, 11) is 1.33. The van der Waals surface area contributed by atoms with E-state index in [0.717, 1.165) is 0 Å². The molecule has 104 valence electrons. The molecule has 0 fully saturated rings. The molecule has 0 saturated carbocycles. The van der Waals surface area contributed by atoms with Crippen LogP contribution in [0.25, 0.3) is 0 Å². The normalized spacial score (nSPS) is 10.3. The van der Waals surface area contributed by atoms with Crippen LogP contribution >= 0.6 is 0 Å². The van der Waals surface area contributed by atoms with Crippen molar-refractivity contribution >= 4 is 17.6 Å². The highest BCUT2D eigenvalue weighted by molar-refractivity contribution is 5.97. The zero-order valence-corrected chi connectivity index (χ0v) is 11.4. The summed E-state index contributed by atoms with van der Waals surface area (Å²) in [4.78, 5) is 23.2. The molecule has 0 aliphatic carbocycles. The van der Waals surface area contributed by atoms with Gasteiger partial charge < -0.3 is 15.2 Å². The maximum atomic E-state index is 12.0. The van der Waals surface area contributed by atoms with E-state index in [4.69, 9.17) is 10.5 Å². The number of anilines is 1. The van der Waals surface area contributed by atoms with Crippen LogP contribution in [0.15, 0.2) is 18.2 Å². The lowest BCUT2D eigenvalue weighted by atomic mass is 10.0. The summed E-state index contributed by atoms with van der Waals surface area (Å²) in [6.07, 6.45) is 0.364. The second-order valence-corrected chi connectivity index (χ2v) is 4.41. The SMILES string of the molecule is COC(=O)CCc1cccc(N)c1C(=O)OC(C)C. The van der Waals surface area contributed by atoms with Gasteiger partial charge in [-0.05, 0) is 31.9 Å². The van der Waals surface area contributed by atoms with Gasteiger partial charge in [-0.25, -0.2) is 4.79 Å². The lowest BCUT2D eigenvalue weighted by molar-refractivity contribution is -0.140. The summed E-state index contributed by atoms with van der Waals surface area (Å²) in [6, 6.07) is 5.14. The molecule has 1 aromatic carbocycles. The quantitative estimate of drug-likeness (QED) is 0.650. The molecule has 0 aromatic heterocycles. The number of rotatable bonds is 5. The topological polar surface area (TPSA) is 78.6 Å².